The molecule has 0 fully saturated rings. The molecule has 0 saturated heterocycles. The van der Waals surface area contributed by atoms with Gasteiger partial charge in [0.25, 0.3) is 0 Å². The molecule has 4 aromatic carbocycles. The average Bonchev–Trinajstić information content (AvgIpc) is 3.34. The van der Waals surface area contributed by atoms with Crippen LogP contribution in [0.25, 0.3) is 11.6 Å². The first-order chi connectivity index (χ1) is 19.5. The van der Waals surface area contributed by atoms with Crippen LogP contribution >= 0.6 is 0 Å². The summed E-state index contributed by atoms with van der Waals surface area (Å²) in [6.07, 6.45) is 2.23. The molecule has 2 atom stereocenters. The molecule has 6 heteroatoms. The minimum absolute atomic E-state index is 0.0666. The van der Waals surface area contributed by atoms with Crippen LogP contribution in [-0.4, -0.2) is 42.7 Å². The van der Waals surface area contributed by atoms with Crippen molar-refractivity contribution in [2.45, 2.75) is 11.8 Å². The molecule has 1 aliphatic carbocycles. The van der Waals surface area contributed by atoms with Gasteiger partial charge in [-0.2, -0.15) is 0 Å². The van der Waals surface area contributed by atoms with Crippen LogP contribution < -0.4 is 28.4 Å². The van der Waals surface area contributed by atoms with Crippen LogP contribution in [-0.2, 0) is 0 Å². The van der Waals surface area contributed by atoms with Crippen molar-refractivity contribution in [1.29, 1.82) is 0 Å². The Morgan fingerprint density at radius 1 is 0.475 bits per heavy atom. The van der Waals surface area contributed by atoms with Crippen molar-refractivity contribution in [3.8, 4) is 34.5 Å². The molecule has 0 bridgehead atoms. The first-order valence-corrected chi connectivity index (χ1v) is 13.0. The van der Waals surface area contributed by atoms with E-state index >= 15 is 0 Å². The molecule has 0 aliphatic heterocycles. The van der Waals surface area contributed by atoms with E-state index in [-0.39, 0.29) is 11.8 Å². The van der Waals surface area contributed by atoms with Crippen LogP contribution in [0.1, 0.15) is 39.7 Å². The second kappa shape index (κ2) is 11.7. The van der Waals surface area contributed by atoms with Crippen LogP contribution in [0.2, 0.25) is 0 Å². The molecular formula is C34H34O6. The smallest absolute Gasteiger partial charge is 0.127 e. The number of methoxy groups -OCH3 is 6. The maximum Gasteiger partial charge on any atom is 0.127 e. The number of allylic oxidation sites excluding steroid dienone is 1. The first kappa shape index (κ1) is 27.0. The fourth-order valence-electron chi connectivity index (χ4n) is 5.56. The Hall–Kier alpha value is -4.58. The van der Waals surface area contributed by atoms with Gasteiger partial charge in [0.1, 0.15) is 34.5 Å². The van der Waals surface area contributed by atoms with E-state index in [4.69, 9.17) is 28.4 Å². The summed E-state index contributed by atoms with van der Waals surface area (Å²) in [5, 5.41) is 0. The summed E-state index contributed by atoms with van der Waals surface area (Å²) >= 11 is 0. The predicted molar refractivity (Wildman–Crippen MR) is 158 cm³/mol. The summed E-state index contributed by atoms with van der Waals surface area (Å²) in [7, 11) is 10.1. The Bertz CT molecular complexity index is 1480. The maximum absolute atomic E-state index is 6.00. The van der Waals surface area contributed by atoms with E-state index in [1.54, 1.807) is 42.7 Å². The summed E-state index contributed by atoms with van der Waals surface area (Å²) in [4.78, 5) is 0. The van der Waals surface area contributed by atoms with E-state index in [0.29, 0.717) is 0 Å². The van der Waals surface area contributed by atoms with E-state index in [1.807, 2.05) is 36.4 Å². The summed E-state index contributed by atoms with van der Waals surface area (Å²) in [6, 6.07) is 26.4. The highest BCUT2D eigenvalue weighted by molar-refractivity contribution is 5.93. The lowest BCUT2D eigenvalue weighted by atomic mass is 9.79. The number of hydrogen-bond donors (Lipinski definition) is 0. The molecule has 6 nitrogen and oxygen atoms in total. The lowest BCUT2D eigenvalue weighted by Gasteiger charge is -2.25. The maximum atomic E-state index is 6.00. The number of benzene rings is 4. The average molecular weight is 539 g/mol. The van der Waals surface area contributed by atoms with Gasteiger partial charge in [0.15, 0.2) is 0 Å². The molecule has 40 heavy (non-hydrogen) atoms. The highest BCUT2D eigenvalue weighted by atomic mass is 16.5. The molecular weight excluding hydrogens is 504 g/mol. The van der Waals surface area contributed by atoms with Crippen LogP contribution in [0.3, 0.4) is 0 Å². The largest absolute Gasteiger partial charge is 0.497 e. The SMILES string of the molecule is COc1ccc(C=C2c3cc(OC)cc(OC)c3[C@H](c3ccc(OC)cc3)[C@H]2c2cc(OC)cc(OC)c2)cc1. The second-order valence-electron chi connectivity index (χ2n) is 9.54. The van der Waals surface area contributed by atoms with Gasteiger partial charge in [0, 0.05) is 29.5 Å². The summed E-state index contributed by atoms with van der Waals surface area (Å²) in [5.41, 5.74) is 6.55. The van der Waals surface area contributed by atoms with Crippen LogP contribution in [0.4, 0.5) is 0 Å². The summed E-state index contributed by atoms with van der Waals surface area (Å²) < 4.78 is 34.0. The number of fused-ring (bicyclic) bond motifs is 1. The van der Waals surface area contributed by atoms with E-state index in [2.05, 4.69) is 48.5 Å². The Morgan fingerprint density at radius 2 is 1.00 bits per heavy atom. The molecule has 0 N–H and O–H groups in total. The molecule has 5 rings (SSSR count). The van der Waals surface area contributed by atoms with E-state index in [1.165, 1.54) is 0 Å². The summed E-state index contributed by atoms with van der Waals surface area (Å²) in [5.74, 6) is 4.42. The third kappa shape index (κ3) is 5.05. The molecule has 4 aromatic rings. The zero-order valence-electron chi connectivity index (χ0n) is 23.7. The van der Waals surface area contributed by atoms with Crippen molar-refractivity contribution in [2.24, 2.45) is 0 Å². The quantitative estimate of drug-likeness (QED) is 0.225. The molecule has 0 heterocycles. The fraction of sp³-hybridized carbons (Fsp3) is 0.235. The van der Waals surface area contributed by atoms with Crippen molar-refractivity contribution < 1.29 is 28.4 Å². The predicted octanol–water partition coefficient (Wildman–Crippen LogP) is 7.21. The van der Waals surface area contributed by atoms with Gasteiger partial charge in [-0.05, 0) is 70.3 Å². The Kier molecular flexibility index (Phi) is 7.87. The van der Waals surface area contributed by atoms with Crippen molar-refractivity contribution in [3.05, 3.63) is 107 Å². The Balaban J connectivity index is 1.83. The van der Waals surface area contributed by atoms with Gasteiger partial charge in [-0.3, -0.25) is 0 Å². The Morgan fingerprint density at radius 3 is 1.52 bits per heavy atom. The normalized spacial score (nSPS) is 16.8. The third-order valence-electron chi connectivity index (χ3n) is 7.51. The zero-order chi connectivity index (χ0) is 28.2. The highest BCUT2D eigenvalue weighted by Gasteiger charge is 2.41. The lowest BCUT2D eigenvalue weighted by Crippen LogP contribution is -2.09. The van der Waals surface area contributed by atoms with Gasteiger partial charge in [0.2, 0.25) is 0 Å². The van der Waals surface area contributed by atoms with E-state index in [9.17, 15) is 0 Å². The number of hydrogen-bond acceptors (Lipinski definition) is 6. The van der Waals surface area contributed by atoms with E-state index in [0.717, 1.165) is 67.9 Å². The van der Waals surface area contributed by atoms with Crippen LogP contribution in [0.5, 0.6) is 34.5 Å². The molecule has 1 aliphatic rings. The molecule has 206 valence electrons. The Labute approximate surface area is 235 Å². The molecule has 0 aromatic heterocycles. The number of rotatable bonds is 9. The molecule has 0 unspecified atom stereocenters. The zero-order valence-corrected chi connectivity index (χ0v) is 23.7. The molecule has 0 saturated carbocycles. The number of ether oxygens (including phenoxy) is 6. The topological polar surface area (TPSA) is 55.4 Å². The van der Waals surface area contributed by atoms with Gasteiger partial charge in [-0.25, -0.2) is 0 Å². The highest BCUT2D eigenvalue weighted by Crippen LogP contribution is 2.59. The molecule has 0 spiro atoms. The van der Waals surface area contributed by atoms with Crippen LogP contribution in [0.15, 0.2) is 78.9 Å². The second-order valence-corrected chi connectivity index (χ2v) is 9.54. The third-order valence-corrected chi connectivity index (χ3v) is 7.51. The van der Waals surface area contributed by atoms with Crippen molar-refractivity contribution in [2.75, 3.05) is 42.7 Å². The first-order valence-electron chi connectivity index (χ1n) is 13.0. The van der Waals surface area contributed by atoms with Crippen molar-refractivity contribution in [1.82, 2.24) is 0 Å². The van der Waals surface area contributed by atoms with Gasteiger partial charge in [-0.1, -0.05) is 30.3 Å². The van der Waals surface area contributed by atoms with Crippen LogP contribution in [0, 0.1) is 0 Å². The minimum atomic E-state index is -0.0875. The molecule has 0 radical (unpaired) electrons. The summed E-state index contributed by atoms with van der Waals surface area (Å²) in [6.45, 7) is 0. The lowest BCUT2D eigenvalue weighted by molar-refractivity contribution is 0.389. The standard InChI is InChI=1S/C34H34O6/c1-35-24-11-7-21(8-12-24)15-29-30-19-28(39-5)20-31(40-6)34(30)33(22-9-13-25(36-2)14-10-22)32(29)23-16-26(37-3)18-27(17-23)38-4/h7-20,32-33H,1-6H3/t32-,33+/m0/s1. The van der Waals surface area contributed by atoms with Gasteiger partial charge >= 0.3 is 0 Å². The minimum Gasteiger partial charge on any atom is -0.497 e. The van der Waals surface area contributed by atoms with Crippen molar-refractivity contribution >= 4 is 11.6 Å². The monoisotopic (exact) mass is 538 g/mol. The fourth-order valence-corrected chi connectivity index (χ4v) is 5.56. The molecule has 0 amide bonds. The van der Waals surface area contributed by atoms with E-state index < -0.39 is 0 Å². The van der Waals surface area contributed by atoms with Gasteiger partial charge < -0.3 is 28.4 Å². The van der Waals surface area contributed by atoms with Gasteiger partial charge in [0.05, 0.1) is 42.7 Å². The van der Waals surface area contributed by atoms with Gasteiger partial charge in [-0.15, -0.1) is 0 Å². The van der Waals surface area contributed by atoms with Crippen molar-refractivity contribution in [3.63, 3.8) is 0 Å².